The monoisotopic (exact) mass is 310 g/mol. The minimum Gasteiger partial charge on any atom is -0.462 e. The molecular weight excluding hydrogens is 287 g/mol. The lowest BCUT2D eigenvalue weighted by atomic mass is 10.2. The van der Waals surface area contributed by atoms with E-state index in [1.165, 1.54) is 0 Å². The molecule has 2 N–H and O–H groups in total. The summed E-state index contributed by atoms with van der Waals surface area (Å²) in [6, 6.07) is 0. The van der Waals surface area contributed by atoms with E-state index in [4.69, 9.17) is 19.4 Å². The molecule has 0 heterocycles. The Labute approximate surface area is 119 Å². The Morgan fingerprint density at radius 1 is 1.05 bits per heavy atom. The molecule has 0 aliphatic rings. The highest BCUT2D eigenvalue weighted by molar-refractivity contribution is 7.51. The van der Waals surface area contributed by atoms with Crippen LogP contribution in [0.4, 0.5) is 0 Å². The Morgan fingerprint density at radius 2 is 1.60 bits per heavy atom. The first-order valence-electron chi connectivity index (χ1n) is 6.44. The Bertz CT molecular complexity index is 337. The molecule has 0 fully saturated rings. The third-order valence-electron chi connectivity index (χ3n) is 2.25. The van der Waals surface area contributed by atoms with Crippen LogP contribution in [-0.4, -0.2) is 41.7 Å². The van der Waals surface area contributed by atoms with E-state index in [0.717, 1.165) is 25.7 Å². The topological polar surface area (TPSA) is 102 Å². The fourth-order valence-electron chi connectivity index (χ4n) is 1.18. The van der Waals surface area contributed by atoms with Crippen molar-refractivity contribution in [3.8, 4) is 0 Å². The van der Waals surface area contributed by atoms with Crippen molar-refractivity contribution in [3.63, 3.8) is 0 Å². The molecule has 0 saturated carbocycles. The molecule has 0 saturated heterocycles. The second-order valence-corrected chi connectivity index (χ2v) is 6.14. The molecule has 118 valence electrons. The molecule has 0 radical (unpaired) electrons. The molecule has 0 bridgehead atoms. The molecule has 0 aromatic heterocycles. The van der Waals surface area contributed by atoms with E-state index in [1.54, 1.807) is 6.92 Å². The van der Waals surface area contributed by atoms with Gasteiger partial charge in [-0.15, -0.1) is 0 Å². The zero-order valence-electron chi connectivity index (χ0n) is 11.7. The average Bonchev–Trinajstić information content (AvgIpc) is 2.34. The van der Waals surface area contributed by atoms with Gasteiger partial charge in [-0.2, -0.15) is 0 Å². The minimum absolute atomic E-state index is 0.124. The van der Waals surface area contributed by atoms with Crippen LogP contribution in [0.3, 0.4) is 0 Å². The van der Waals surface area contributed by atoms with Crippen molar-refractivity contribution in [3.05, 3.63) is 12.2 Å². The molecule has 0 rings (SSSR count). The summed E-state index contributed by atoms with van der Waals surface area (Å²) in [6.07, 6.45) is 2.99. The zero-order chi connectivity index (χ0) is 15.4. The zero-order valence-corrected chi connectivity index (χ0v) is 12.6. The van der Waals surface area contributed by atoms with E-state index in [2.05, 4.69) is 11.5 Å². The summed E-state index contributed by atoms with van der Waals surface area (Å²) in [5.41, 5.74) is 0.394. The van der Waals surface area contributed by atoms with Crippen LogP contribution in [0.2, 0.25) is 0 Å². The largest absolute Gasteiger partial charge is 0.462 e. The van der Waals surface area contributed by atoms with E-state index in [9.17, 15) is 9.36 Å². The van der Waals surface area contributed by atoms with Crippen LogP contribution in [0, 0.1) is 0 Å². The summed E-state index contributed by atoms with van der Waals surface area (Å²) >= 11 is 0. The fourth-order valence-corrected chi connectivity index (χ4v) is 1.49. The number of ether oxygens (including phenoxy) is 1. The Hall–Kier alpha value is -0.720. The summed E-state index contributed by atoms with van der Waals surface area (Å²) < 4.78 is 15.4. The van der Waals surface area contributed by atoms with Gasteiger partial charge in [0, 0.05) is 5.57 Å². The quantitative estimate of drug-likeness (QED) is 0.141. The number of hydrogen-bond acceptors (Lipinski definition) is 5. The highest BCUT2D eigenvalue weighted by Crippen LogP contribution is 2.33. The van der Waals surface area contributed by atoms with E-state index < -0.39 is 7.60 Å². The number of unbranched alkanes of at least 4 members (excludes halogenated alkanes) is 3. The van der Waals surface area contributed by atoms with Gasteiger partial charge in [0.15, 0.2) is 0 Å². The summed E-state index contributed by atoms with van der Waals surface area (Å²) in [5, 5.41) is 0. The second-order valence-electron chi connectivity index (χ2n) is 4.36. The number of esters is 1. The molecule has 0 atom stereocenters. The van der Waals surface area contributed by atoms with Crippen LogP contribution in [0.25, 0.3) is 0 Å². The maximum Gasteiger partial charge on any atom is 0.333 e. The first-order chi connectivity index (χ1) is 9.33. The smallest absolute Gasteiger partial charge is 0.333 e. The van der Waals surface area contributed by atoms with Crippen LogP contribution >= 0.6 is 7.60 Å². The van der Waals surface area contributed by atoms with Gasteiger partial charge in [-0.3, -0.25) is 4.57 Å². The molecule has 20 heavy (non-hydrogen) atoms. The minimum atomic E-state index is -4.01. The van der Waals surface area contributed by atoms with Crippen LogP contribution in [0.1, 0.15) is 32.6 Å². The molecule has 0 aliphatic heterocycles. The molecule has 0 spiro atoms. The third-order valence-corrected chi connectivity index (χ3v) is 3.02. The SMILES string of the molecule is C=C(C)C(=O)OCCCCCCOOCCP(=O)(O)O. The highest BCUT2D eigenvalue weighted by Gasteiger charge is 2.11. The van der Waals surface area contributed by atoms with Crippen molar-refractivity contribution in [2.75, 3.05) is 26.0 Å². The Morgan fingerprint density at radius 3 is 2.15 bits per heavy atom. The molecule has 8 heteroatoms. The maximum atomic E-state index is 11.0. The van der Waals surface area contributed by atoms with Gasteiger partial charge < -0.3 is 14.5 Å². The van der Waals surface area contributed by atoms with Crippen molar-refractivity contribution < 1.29 is 33.7 Å². The predicted molar refractivity (Wildman–Crippen MR) is 73.1 cm³/mol. The molecule has 0 amide bonds. The van der Waals surface area contributed by atoms with E-state index >= 15 is 0 Å². The van der Waals surface area contributed by atoms with Gasteiger partial charge in [-0.1, -0.05) is 13.0 Å². The molecule has 0 unspecified atom stereocenters. The second kappa shape index (κ2) is 11.0. The van der Waals surface area contributed by atoms with E-state index in [-0.39, 0.29) is 18.7 Å². The number of rotatable bonds is 12. The summed E-state index contributed by atoms with van der Waals surface area (Å²) in [5.74, 6) is -0.369. The van der Waals surface area contributed by atoms with Crippen LogP contribution in [-0.2, 0) is 23.9 Å². The first-order valence-corrected chi connectivity index (χ1v) is 8.24. The molecule has 7 nitrogen and oxygen atoms in total. The van der Waals surface area contributed by atoms with Gasteiger partial charge >= 0.3 is 13.6 Å². The van der Waals surface area contributed by atoms with E-state index in [1.807, 2.05) is 0 Å². The fraction of sp³-hybridized carbons (Fsp3) is 0.750. The highest BCUT2D eigenvalue weighted by atomic mass is 31.2. The van der Waals surface area contributed by atoms with Gasteiger partial charge in [0.1, 0.15) is 0 Å². The normalized spacial score (nSPS) is 11.3. The van der Waals surface area contributed by atoms with Crippen molar-refractivity contribution in [2.45, 2.75) is 32.6 Å². The Kier molecular flexibility index (Phi) is 10.6. The molecule has 0 aromatic carbocycles. The standard InChI is InChI=1S/C12H23O7P/c1-11(2)12(13)17-7-5-3-4-6-8-18-19-9-10-20(14,15)16/h1,3-10H2,2H3,(H2,14,15,16). The Balaban J connectivity index is 3.20. The number of hydrogen-bond donors (Lipinski definition) is 2. The lowest BCUT2D eigenvalue weighted by molar-refractivity contribution is -0.291. The molecule has 0 aliphatic carbocycles. The van der Waals surface area contributed by atoms with Crippen LogP contribution in [0.15, 0.2) is 12.2 Å². The van der Waals surface area contributed by atoms with Gasteiger partial charge in [0.25, 0.3) is 0 Å². The predicted octanol–water partition coefficient (Wildman–Crippen LogP) is 1.79. The third kappa shape index (κ3) is 13.7. The maximum absolute atomic E-state index is 11.0. The van der Waals surface area contributed by atoms with Crippen molar-refractivity contribution in [2.24, 2.45) is 0 Å². The van der Waals surface area contributed by atoms with Crippen molar-refractivity contribution in [1.29, 1.82) is 0 Å². The first kappa shape index (κ1) is 19.3. The summed E-state index contributed by atoms with van der Waals surface area (Å²) in [6.45, 7) is 5.71. The van der Waals surface area contributed by atoms with Gasteiger partial charge in [-0.25, -0.2) is 14.6 Å². The van der Waals surface area contributed by atoms with E-state index in [0.29, 0.717) is 18.8 Å². The number of carbonyl (C=O) groups excluding carboxylic acids is 1. The average molecular weight is 310 g/mol. The van der Waals surface area contributed by atoms with Gasteiger partial charge in [0.2, 0.25) is 0 Å². The molecule has 0 aromatic rings. The summed E-state index contributed by atoms with van der Waals surface area (Å²) in [7, 11) is -4.01. The van der Waals surface area contributed by atoms with Gasteiger partial charge in [-0.05, 0) is 26.2 Å². The number of carbonyl (C=O) groups is 1. The lowest BCUT2D eigenvalue weighted by Crippen LogP contribution is -2.06. The lowest BCUT2D eigenvalue weighted by Gasteiger charge is -2.06. The van der Waals surface area contributed by atoms with Crippen LogP contribution in [0.5, 0.6) is 0 Å². The van der Waals surface area contributed by atoms with Crippen molar-refractivity contribution >= 4 is 13.6 Å². The van der Waals surface area contributed by atoms with Crippen LogP contribution < -0.4 is 0 Å². The van der Waals surface area contributed by atoms with Crippen molar-refractivity contribution in [1.82, 2.24) is 0 Å². The summed E-state index contributed by atoms with van der Waals surface area (Å²) in [4.78, 5) is 37.5. The molecular formula is C12H23O7P. The van der Waals surface area contributed by atoms with Gasteiger partial charge in [0.05, 0.1) is 26.0 Å².